The van der Waals surface area contributed by atoms with Crippen molar-refractivity contribution in [1.82, 2.24) is 10.9 Å². The fraction of sp³-hybridized carbons (Fsp3) is 0. The molecule has 15 heavy (non-hydrogen) atoms. The summed E-state index contributed by atoms with van der Waals surface area (Å²) in [4.78, 5) is 11.5. The highest BCUT2D eigenvalue weighted by Gasteiger charge is 2.11. The van der Waals surface area contributed by atoms with Gasteiger partial charge >= 0.3 is 0 Å². The third-order valence-electron chi connectivity index (χ3n) is 1.50. The third-order valence-corrected chi connectivity index (χ3v) is 2.42. The summed E-state index contributed by atoms with van der Waals surface area (Å²) in [6.07, 6.45) is 0. The quantitative estimate of drug-likeness (QED) is 0.531. The molecule has 0 atom stereocenters. The van der Waals surface area contributed by atoms with Crippen LogP contribution in [0.25, 0.3) is 0 Å². The highest BCUT2D eigenvalue weighted by atomic mass is 35.5. The molecule has 0 saturated carbocycles. The summed E-state index contributed by atoms with van der Waals surface area (Å²) in [5.74, 6) is -0.463. The Labute approximate surface area is 102 Å². The van der Waals surface area contributed by atoms with Crippen molar-refractivity contribution in [3.8, 4) is 0 Å². The van der Waals surface area contributed by atoms with Crippen LogP contribution in [0, 0.1) is 0 Å². The lowest BCUT2D eigenvalue weighted by Gasteiger charge is -2.07. The van der Waals surface area contributed by atoms with E-state index in [-0.39, 0.29) is 15.7 Å². The van der Waals surface area contributed by atoms with E-state index in [1.54, 1.807) is 12.1 Å². The second-order valence-electron chi connectivity index (χ2n) is 2.54. The Bertz CT molecular complexity index is 411. The van der Waals surface area contributed by atoms with Crippen molar-refractivity contribution in [2.75, 3.05) is 0 Å². The average molecular weight is 264 g/mol. The lowest BCUT2D eigenvalue weighted by Crippen LogP contribution is -2.44. The summed E-state index contributed by atoms with van der Waals surface area (Å²) in [6.45, 7) is 0. The molecule has 0 fully saturated rings. The molecular formula is C8H7Cl2N3OS. The van der Waals surface area contributed by atoms with E-state index in [9.17, 15) is 4.79 Å². The van der Waals surface area contributed by atoms with Crippen LogP contribution in [-0.4, -0.2) is 11.0 Å². The SMILES string of the molecule is NC(=S)NNC(=O)c1cccc(Cl)c1Cl. The Morgan fingerprint density at radius 2 is 2.00 bits per heavy atom. The van der Waals surface area contributed by atoms with Gasteiger partial charge in [0, 0.05) is 0 Å². The highest BCUT2D eigenvalue weighted by molar-refractivity contribution is 7.80. The van der Waals surface area contributed by atoms with Gasteiger partial charge < -0.3 is 5.73 Å². The predicted molar refractivity (Wildman–Crippen MR) is 63.8 cm³/mol. The summed E-state index contributed by atoms with van der Waals surface area (Å²) in [5.41, 5.74) is 9.94. The van der Waals surface area contributed by atoms with Crippen molar-refractivity contribution in [2.45, 2.75) is 0 Å². The Morgan fingerprint density at radius 3 is 2.60 bits per heavy atom. The van der Waals surface area contributed by atoms with Crippen LogP contribution in [0.4, 0.5) is 0 Å². The van der Waals surface area contributed by atoms with E-state index in [1.165, 1.54) is 6.07 Å². The Hall–Kier alpha value is -1.04. The summed E-state index contributed by atoms with van der Waals surface area (Å²) >= 11 is 16.1. The molecule has 0 unspecified atom stereocenters. The van der Waals surface area contributed by atoms with Gasteiger partial charge in [0.05, 0.1) is 15.6 Å². The number of hydrogen-bond donors (Lipinski definition) is 3. The third kappa shape index (κ3) is 3.23. The zero-order valence-electron chi connectivity index (χ0n) is 7.38. The first kappa shape index (κ1) is 12.0. The van der Waals surface area contributed by atoms with E-state index in [2.05, 4.69) is 23.1 Å². The predicted octanol–water partition coefficient (Wildman–Crippen LogP) is 1.47. The molecule has 0 spiro atoms. The van der Waals surface area contributed by atoms with Crippen molar-refractivity contribution >= 4 is 46.4 Å². The number of rotatable bonds is 1. The van der Waals surface area contributed by atoms with Gasteiger partial charge in [0.25, 0.3) is 5.91 Å². The standard InChI is InChI=1S/C8H7Cl2N3OS/c9-5-3-1-2-4(6(5)10)7(14)12-13-8(11)15/h1-3H,(H,12,14)(H3,11,13,15). The monoisotopic (exact) mass is 263 g/mol. The van der Waals surface area contributed by atoms with Gasteiger partial charge in [-0.3, -0.25) is 15.6 Å². The number of amides is 1. The van der Waals surface area contributed by atoms with Crippen LogP contribution in [0.3, 0.4) is 0 Å². The van der Waals surface area contributed by atoms with Gasteiger partial charge in [0.2, 0.25) is 0 Å². The molecule has 0 bridgehead atoms. The number of nitrogens with one attached hydrogen (secondary N) is 2. The molecule has 7 heteroatoms. The number of benzene rings is 1. The van der Waals surface area contributed by atoms with E-state index in [0.29, 0.717) is 5.02 Å². The molecule has 80 valence electrons. The van der Waals surface area contributed by atoms with Crippen LogP contribution in [0.15, 0.2) is 18.2 Å². The minimum absolute atomic E-state index is 0.0403. The van der Waals surface area contributed by atoms with Crippen LogP contribution < -0.4 is 16.6 Å². The van der Waals surface area contributed by atoms with Gasteiger partial charge in [-0.05, 0) is 24.4 Å². The van der Waals surface area contributed by atoms with Gasteiger partial charge in [-0.2, -0.15) is 0 Å². The zero-order valence-corrected chi connectivity index (χ0v) is 9.71. The molecule has 0 saturated heterocycles. The highest BCUT2D eigenvalue weighted by Crippen LogP contribution is 2.25. The first-order chi connectivity index (χ1) is 7.02. The molecule has 0 aliphatic carbocycles. The van der Waals surface area contributed by atoms with Gasteiger partial charge in [-0.15, -0.1) is 0 Å². The van der Waals surface area contributed by atoms with Crippen molar-refractivity contribution in [3.63, 3.8) is 0 Å². The maximum absolute atomic E-state index is 11.5. The smallest absolute Gasteiger partial charge is 0.271 e. The lowest BCUT2D eigenvalue weighted by atomic mass is 10.2. The molecule has 1 amide bonds. The normalized spacial score (nSPS) is 9.47. The number of halogens is 2. The zero-order chi connectivity index (χ0) is 11.4. The maximum Gasteiger partial charge on any atom is 0.271 e. The topological polar surface area (TPSA) is 67.2 Å². The molecule has 0 heterocycles. The molecule has 1 aromatic rings. The average Bonchev–Trinajstić information content (AvgIpc) is 2.18. The van der Waals surface area contributed by atoms with Crippen LogP contribution in [0.2, 0.25) is 10.0 Å². The second-order valence-corrected chi connectivity index (χ2v) is 3.77. The van der Waals surface area contributed by atoms with Crippen LogP contribution in [0.5, 0.6) is 0 Å². The van der Waals surface area contributed by atoms with E-state index >= 15 is 0 Å². The first-order valence-corrected chi connectivity index (χ1v) is 4.98. The van der Waals surface area contributed by atoms with Gasteiger partial charge in [0.1, 0.15) is 0 Å². The lowest BCUT2D eigenvalue weighted by molar-refractivity contribution is 0.0944. The molecule has 4 N–H and O–H groups in total. The van der Waals surface area contributed by atoms with E-state index in [1.807, 2.05) is 0 Å². The molecule has 0 aliphatic rings. The summed E-state index contributed by atoms with van der Waals surface area (Å²) in [5, 5.41) is 0.447. The summed E-state index contributed by atoms with van der Waals surface area (Å²) in [6, 6.07) is 4.73. The minimum atomic E-state index is -0.463. The molecule has 1 rings (SSSR count). The number of carbonyl (C=O) groups excluding carboxylic acids is 1. The van der Waals surface area contributed by atoms with E-state index in [4.69, 9.17) is 28.9 Å². The maximum atomic E-state index is 11.5. The fourth-order valence-corrected chi connectivity index (χ4v) is 1.30. The Morgan fingerprint density at radius 1 is 1.33 bits per heavy atom. The molecule has 0 aromatic heterocycles. The second kappa shape index (κ2) is 5.16. The first-order valence-electron chi connectivity index (χ1n) is 3.82. The van der Waals surface area contributed by atoms with Crippen LogP contribution in [0.1, 0.15) is 10.4 Å². The van der Waals surface area contributed by atoms with Crippen molar-refractivity contribution in [3.05, 3.63) is 33.8 Å². The van der Waals surface area contributed by atoms with Crippen molar-refractivity contribution < 1.29 is 4.79 Å². The molecular weight excluding hydrogens is 257 g/mol. The Kier molecular flexibility index (Phi) is 4.14. The minimum Gasteiger partial charge on any atom is -0.375 e. The van der Waals surface area contributed by atoms with Crippen LogP contribution >= 0.6 is 35.4 Å². The van der Waals surface area contributed by atoms with E-state index < -0.39 is 5.91 Å². The molecule has 1 aromatic carbocycles. The van der Waals surface area contributed by atoms with Crippen molar-refractivity contribution in [1.29, 1.82) is 0 Å². The summed E-state index contributed by atoms with van der Waals surface area (Å²) in [7, 11) is 0. The molecule has 0 aliphatic heterocycles. The van der Waals surface area contributed by atoms with Gasteiger partial charge in [-0.25, -0.2) is 0 Å². The van der Waals surface area contributed by atoms with Gasteiger partial charge in [0.15, 0.2) is 5.11 Å². The number of hydrogen-bond acceptors (Lipinski definition) is 2. The van der Waals surface area contributed by atoms with Crippen LogP contribution in [-0.2, 0) is 0 Å². The molecule has 0 radical (unpaired) electrons. The number of hydrazine groups is 1. The largest absolute Gasteiger partial charge is 0.375 e. The van der Waals surface area contributed by atoms with E-state index in [0.717, 1.165) is 0 Å². The summed E-state index contributed by atoms with van der Waals surface area (Å²) < 4.78 is 0. The van der Waals surface area contributed by atoms with Gasteiger partial charge in [-0.1, -0.05) is 29.3 Å². The Balaban J connectivity index is 2.82. The fourth-order valence-electron chi connectivity index (χ4n) is 0.865. The number of nitrogens with two attached hydrogens (primary N) is 1. The number of thiocarbonyl (C=S) groups is 1. The number of carbonyl (C=O) groups is 1. The van der Waals surface area contributed by atoms with Crippen molar-refractivity contribution in [2.24, 2.45) is 5.73 Å². The molecule has 4 nitrogen and oxygen atoms in total.